The fourth-order valence-electron chi connectivity index (χ4n) is 5.12. The molecule has 4 heterocycles. The van der Waals surface area contributed by atoms with E-state index >= 15 is 0 Å². The second-order valence-corrected chi connectivity index (χ2v) is 9.27. The number of oxazole rings is 1. The topological polar surface area (TPSA) is 61.7 Å². The molecule has 0 aliphatic rings. The zero-order valence-electron chi connectivity index (χ0n) is 20.9. The number of fused-ring (bicyclic) bond motifs is 4. The van der Waals surface area contributed by atoms with E-state index in [1.54, 1.807) is 12.4 Å². The van der Waals surface area contributed by atoms with Crippen LogP contribution in [0.5, 0.6) is 0 Å². The summed E-state index contributed by atoms with van der Waals surface area (Å²) in [5, 5.41) is 6.58. The summed E-state index contributed by atoms with van der Waals surface area (Å²) >= 11 is 0. The summed E-state index contributed by atoms with van der Waals surface area (Å²) in [5.41, 5.74) is 8.00. The summed E-state index contributed by atoms with van der Waals surface area (Å²) in [5.74, 6) is 0.540. The zero-order chi connectivity index (χ0) is 25.8. The number of rotatable bonds is 4. The minimum absolute atomic E-state index is 0. The molecular formula is C33H19N5OPt. The fraction of sp³-hybridized carbons (Fsp3) is 0. The molecule has 4 aromatic heterocycles. The van der Waals surface area contributed by atoms with E-state index < -0.39 is 0 Å². The maximum Gasteiger partial charge on any atom is 2.00 e. The van der Waals surface area contributed by atoms with Crippen molar-refractivity contribution in [2.24, 2.45) is 0 Å². The van der Waals surface area contributed by atoms with E-state index in [-0.39, 0.29) is 21.1 Å². The zero-order valence-corrected chi connectivity index (χ0v) is 23.2. The molecule has 0 N–H and O–H groups in total. The van der Waals surface area contributed by atoms with Crippen molar-refractivity contribution in [3.8, 4) is 34.1 Å². The van der Waals surface area contributed by atoms with Crippen molar-refractivity contribution in [3.05, 3.63) is 128 Å². The van der Waals surface area contributed by atoms with Gasteiger partial charge in [-0.3, -0.25) is 4.98 Å². The van der Waals surface area contributed by atoms with E-state index in [0.717, 1.165) is 61.1 Å². The fourth-order valence-corrected chi connectivity index (χ4v) is 5.12. The predicted molar refractivity (Wildman–Crippen MR) is 152 cm³/mol. The molecule has 4 aromatic carbocycles. The molecule has 0 fully saturated rings. The number of benzene rings is 4. The van der Waals surface area contributed by atoms with Gasteiger partial charge in [-0.1, -0.05) is 35.2 Å². The molecule has 0 unspecified atom stereocenters. The van der Waals surface area contributed by atoms with Crippen molar-refractivity contribution < 1.29 is 25.5 Å². The van der Waals surface area contributed by atoms with Gasteiger partial charge in [0.1, 0.15) is 11.5 Å². The van der Waals surface area contributed by atoms with Crippen LogP contribution in [0.25, 0.3) is 67.0 Å². The van der Waals surface area contributed by atoms with Gasteiger partial charge in [-0.15, -0.1) is 48.0 Å². The summed E-state index contributed by atoms with van der Waals surface area (Å²) in [4.78, 5) is 9.24. The molecule has 6 nitrogen and oxygen atoms in total. The van der Waals surface area contributed by atoms with Crippen LogP contribution in [0, 0.1) is 12.1 Å². The quantitative estimate of drug-likeness (QED) is 0.180. The van der Waals surface area contributed by atoms with E-state index in [4.69, 9.17) is 9.40 Å². The Morgan fingerprint density at radius 1 is 0.725 bits per heavy atom. The summed E-state index contributed by atoms with van der Waals surface area (Å²) < 4.78 is 10.1. The minimum Gasteiger partial charge on any atom is -0.481 e. The molecule has 0 atom stereocenters. The predicted octanol–water partition coefficient (Wildman–Crippen LogP) is 7.44. The summed E-state index contributed by atoms with van der Waals surface area (Å²) in [6.45, 7) is 0. The van der Waals surface area contributed by atoms with Crippen LogP contribution in [0.15, 0.2) is 120 Å². The normalized spacial score (nSPS) is 11.3. The van der Waals surface area contributed by atoms with Gasteiger partial charge in [0.25, 0.3) is 0 Å². The maximum atomic E-state index is 6.09. The second kappa shape index (κ2) is 9.74. The molecule has 0 amide bonds. The number of pyridine rings is 1. The molecule has 0 bridgehead atoms. The van der Waals surface area contributed by atoms with E-state index in [1.165, 1.54) is 0 Å². The van der Waals surface area contributed by atoms with Gasteiger partial charge < -0.3 is 14.0 Å². The van der Waals surface area contributed by atoms with Crippen molar-refractivity contribution in [1.29, 1.82) is 0 Å². The van der Waals surface area contributed by atoms with Gasteiger partial charge >= 0.3 is 21.1 Å². The second-order valence-electron chi connectivity index (χ2n) is 9.27. The minimum atomic E-state index is 0. The number of para-hydroxylation sites is 2. The third-order valence-electron chi connectivity index (χ3n) is 6.91. The SMILES string of the molecule is [Pt+2].[c-]1c(-c2ccccn2)cccc1-n1c2[c-]c(-c3nc4ccccc4o3)ccc2c2cc(-n3cccn3)ccc21. The Kier molecular flexibility index (Phi) is 5.91. The van der Waals surface area contributed by atoms with E-state index in [2.05, 4.69) is 57.1 Å². The first kappa shape index (κ1) is 24.3. The largest absolute Gasteiger partial charge is 2.00 e. The number of hydrogen-bond donors (Lipinski definition) is 0. The Bertz CT molecular complexity index is 2090. The summed E-state index contributed by atoms with van der Waals surface area (Å²) in [6, 6.07) is 39.5. The Morgan fingerprint density at radius 2 is 1.65 bits per heavy atom. The summed E-state index contributed by atoms with van der Waals surface area (Å²) in [7, 11) is 0. The monoisotopic (exact) mass is 696 g/mol. The smallest absolute Gasteiger partial charge is 0.481 e. The molecule has 0 spiro atoms. The third-order valence-corrected chi connectivity index (χ3v) is 6.91. The van der Waals surface area contributed by atoms with Crippen molar-refractivity contribution >= 4 is 32.9 Å². The van der Waals surface area contributed by atoms with Crippen LogP contribution in [0.1, 0.15) is 0 Å². The molecule has 0 aliphatic heterocycles. The van der Waals surface area contributed by atoms with Crippen LogP contribution in [0.3, 0.4) is 0 Å². The van der Waals surface area contributed by atoms with Crippen LogP contribution in [0.2, 0.25) is 0 Å². The molecule has 0 radical (unpaired) electrons. The average molecular weight is 697 g/mol. The molecule has 0 saturated carbocycles. The number of aromatic nitrogens is 5. The van der Waals surface area contributed by atoms with Gasteiger partial charge in [0.15, 0.2) is 0 Å². The Morgan fingerprint density at radius 3 is 2.50 bits per heavy atom. The Hall–Kier alpha value is -4.80. The standard InChI is InChI=1S/C33H19N5O.Pt/c1-2-11-32-29(10-1)36-33(39-32)23-12-14-26-27-21-24(37-18-6-17-35-37)13-15-30(27)38(31(26)20-23)25-8-5-7-22(19-25)28-9-3-4-16-34-28;/h1-18,21H;/q-2;+2. The number of hydrogen-bond acceptors (Lipinski definition) is 4. The van der Waals surface area contributed by atoms with Crippen LogP contribution in [0.4, 0.5) is 0 Å². The molecular weight excluding hydrogens is 677 g/mol. The van der Waals surface area contributed by atoms with Crippen LogP contribution in [-0.2, 0) is 21.1 Å². The first-order valence-electron chi connectivity index (χ1n) is 12.6. The first-order valence-corrected chi connectivity index (χ1v) is 12.6. The average Bonchev–Trinajstić information content (AvgIpc) is 3.75. The van der Waals surface area contributed by atoms with Gasteiger partial charge in [0.05, 0.1) is 11.2 Å². The van der Waals surface area contributed by atoms with Crippen molar-refractivity contribution in [2.75, 3.05) is 0 Å². The molecule has 0 saturated heterocycles. The molecule has 40 heavy (non-hydrogen) atoms. The van der Waals surface area contributed by atoms with Gasteiger partial charge in [-0.05, 0) is 64.7 Å². The molecule has 0 aliphatic carbocycles. The molecule has 8 aromatic rings. The molecule has 8 rings (SSSR count). The van der Waals surface area contributed by atoms with Crippen LogP contribution in [-0.4, -0.2) is 24.3 Å². The third kappa shape index (κ3) is 3.96. The van der Waals surface area contributed by atoms with E-state index in [1.807, 2.05) is 77.6 Å². The van der Waals surface area contributed by atoms with Crippen LogP contribution >= 0.6 is 0 Å². The molecule has 7 heteroatoms. The van der Waals surface area contributed by atoms with Gasteiger partial charge in [-0.2, -0.15) is 5.10 Å². The van der Waals surface area contributed by atoms with Gasteiger partial charge in [0.2, 0.25) is 0 Å². The first-order chi connectivity index (χ1) is 19.3. The van der Waals surface area contributed by atoms with Crippen molar-refractivity contribution in [2.45, 2.75) is 0 Å². The molecule has 192 valence electrons. The van der Waals surface area contributed by atoms with E-state index in [0.29, 0.717) is 5.89 Å². The summed E-state index contributed by atoms with van der Waals surface area (Å²) in [6.07, 6.45) is 5.53. The number of nitrogens with zero attached hydrogens (tertiary/aromatic N) is 5. The van der Waals surface area contributed by atoms with Crippen LogP contribution < -0.4 is 0 Å². The van der Waals surface area contributed by atoms with Gasteiger partial charge in [0, 0.05) is 24.1 Å². The Balaban J connectivity index is 0.00000264. The van der Waals surface area contributed by atoms with Gasteiger partial charge in [-0.25, -0.2) is 4.68 Å². The maximum absolute atomic E-state index is 6.09. The van der Waals surface area contributed by atoms with E-state index in [9.17, 15) is 0 Å². The van der Waals surface area contributed by atoms with Crippen molar-refractivity contribution in [3.63, 3.8) is 0 Å². The Labute approximate surface area is 243 Å². The van der Waals surface area contributed by atoms with Crippen molar-refractivity contribution in [1.82, 2.24) is 24.3 Å².